The Kier molecular flexibility index (Phi) is 3.19. The number of nitrogens with one attached hydrogen (secondary N) is 1. The zero-order chi connectivity index (χ0) is 13.3. The van der Waals surface area contributed by atoms with Crippen LogP contribution in [-0.2, 0) is 5.88 Å². The lowest BCUT2D eigenvalue weighted by molar-refractivity contribution is -0.387. The molecule has 0 unspecified atom stereocenters. The fourth-order valence-corrected chi connectivity index (χ4v) is 1.47. The second kappa shape index (κ2) is 4.65. The Morgan fingerprint density at radius 2 is 2.17 bits per heavy atom. The van der Waals surface area contributed by atoms with E-state index in [-0.39, 0.29) is 17.5 Å². The van der Waals surface area contributed by atoms with E-state index in [1.54, 1.807) is 0 Å². The maximum Gasteiger partial charge on any atom is 0.305 e. The van der Waals surface area contributed by atoms with Crippen molar-refractivity contribution in [3.8, 4) is 11.4 Å². The summed E-state index contributed by atoms with van der Waals surface area (Å²) >= 11 is 5.46. The summed E-state index contributed by atoms with van der Waals surface area (Å²) in [6.07, 6.45) is 0. The standard InChI is InChI=1S/C9H5ClF2N4O2/c10-3-6-13-9(15-14-6)7-4(11)1-2-5(8(7)12)16(17)18/h1-2H,3H2,(H,13,14,15). The Balaban J connectivity index is 2.62. The highest BCUT2D eigenvalue weighted by atomic mass is 35.5. The number of nitro benzene ring substituents is 1. The van der Waals surface area contributed by atoms with Crippen molar-refractivity contribution >= 4 is 17.3 Å². The Morgan fingerprint density at radius 1 is 1.44 bits per heavy atom. The van der Waals surface area contributed by atoms with Gasteiger partial charge in [-0.1, -0.05) is 0 Å². The summed E-state index contributed by atoms with van der Waals surface area (Å²) in [6.45, 7) is 0. The maximum atomic E-state index is 13.8. The molecule has 6 nitrogen and oxygen atoms in total. The summed E-state index contributed by atoms with van der Waals surface area (Å²) in [5, 5.41) is 16.5. The maximum absolute atomic E-state index is 13.8. The lowest BCUT2D eigenvalue weighted by atomic mass is 10.1. The van der Waals surface area contributed by atoms with Gasteiger partial charge in [-0.05, 0) is 6.07 Å². The van der Waals surface area contributed by atoms with E-state index in [1.165, 1.54) is 0 Å². The first-order valence-corrected chi connectivity index (χ1v) is 5.18. The Bertz CT molecular complexity index is 617. The van der Waals surface area contributed by atoms with Gasteiger partial charge in [0.05, 0.1) is 16.4 Å². The van der Waals surface area contributed by atoms with E-state index in [1.807, 2.05) is 0 Å². The van der Waals surface area contributed by atoms with Crippen molar-refractivity contribution in [2.75, 3.05) is 0 Å². The highest BCUT2D eigenvalue weighted by Crippen LogP contribution is 2.29. The number of aromatic nitrogens is 3. The summed E-state index contributed by atoms with van der Waals surface area (Å²) < 4.78 is 27.3. The zero-order valence-corrected chi connectivity index (χ0v) is 9.41. The van der Waals surface area contributed by atoms with Gasteiger partial charge in [-0.25, -0.2) is 9.37 Å². The number of nitro groups is 1. The number of nitrogens with zero attached hydrogens (tertiary/aromatic N) is 3. The van der Waals surface area contributed by atoms with Gasteiger partial charge in [0.25, 0.3) is 0 Å². The predicted octanol–water partition coefficient (Wildman–Crippen LogP) is 2.40. The van der Waals surface area contributed by atoms with E-state index in [4.69, 9.17) is 11.6 Å². The molecule has 18 heavy (non-hydrogen) atoms. The highest BCUT2D eigenvalue weighted by molar-refractivity contribution is 6.16. The van der Waals surface area contributed by atoms with E-state index in [2.05, 4.69) is 15.2 Å². The molecule has 1 aromatic carbocycles. The van der Waals surface area contributed by atoms with Crippen molar-refractivity contribution in [3.05, 3.63) is 39.7 Å². The van der Waals surface area contributed by atoms with Crippen molar-refractivity contribution in [3.63, 3.8) is 0 Å². The lowest BCUT2D eigenvalue weighted by Gasteiger charge is -2.00. The number of H-pyrrole nitrogens is 1. The van der Waals surface area contributed by atoms with Crippen molar-refractivity contribution in [2.24, 2.45) is 0 Å². The van der Waals surface area contributed by atoms with Gasteiger partial charge in [0.2, 0.25) is 5.82 Å². The molecule has 0 saturated carbocycles. The molecule has 0 aliphatic rings. The molecule has 1 aromatic heterocycles. The SMILES string of the molecule is O=[N+]([O-])c1ccc(F)c(-c2n[nH]c(CCl)n2)c1F. The second-order valence-corrected chi connectivity index (χ2v) is 3.52. The van der Waals surface area contributed by atoms with Gasteiger partial charge in [0, 0.05) is 6.07 Å². The third-order valence-electron chi connectivity index (χ3n) is 2.15. The Morgan fingerprint density at radius 3 is 2.72 bits per heavy atom. The summed E-state index contributed by atoms with van der Waals surface area (Å²) in [7, 11) is 0. The topological polar surface area (TPSA) is 84.7 Å². The molecular formula is C9H5ClF2N4O2. The number of alkyl halides is 1. The number of benzene rings is 1. The third kappa shape index (κ3) is 2.02. The molecule has 0 amide bonds. The minimum Gasteiger partial charge on any atom is -0.262 e. The zero-order valence-electron chi connectivity index (χ0n) is 8.65. The molecule has 94 valence electrons. The molecule has 2 rings (SSSR count). The van der Waals surface area contributed by atoms with E-state index in [0.717, 1.165) is 12.1 Å². The van der Waals surface area contributed by atoms with Crippen molar-refractivity contribution in [2.45, 2.75) is 5.88 Å². The van der Waals surface area contributed by atoms with Crippen LogP contribution in [-0.4, -0.2) is 20.1 Å². The monoisotopic (exact) mass is 274 g/mol. The van der Waals surface area contributed by atoms with Crippen LogP contribution in [0.3, 0.4) is 0 Å². The molecule has 2 aromatic rings. The van der Waals surface area contributed by atoms with Gasteiger partial charge in [0.1, 0.15) is 11.6 Å². The second-order valence-electron chi connectivity index (χ2n) is 3.25. The lowest BCUT2D eigenvalue weighted by Crippen LogP contribution is -1.98. The van der Waals surface area contributed by atoms with Gasteiger partial charge in [-0.3, -0.25) is 15.2 Å². The van der Waals surface area contributed by atoms with Crippen molar-refractivity contribution in [1.82, 2.24) is 15.2 Å². The largest absolute Gasteiger partial charge is 0.305 e. The van der Waals surface area contributed by atoms with E-state index in [9.17, 15) is 18.9 Å². The van der Waals surface area contributed by atoms with Crippen molar-refractivity contribution < 1.29 is 13.7 Å². The van der Waals surface area contributed by atoms with E-state index < -0.39 is 27.8 Å². The normalized spacial score (nSPS) is 10.6. The van der Waals surface area contributed by atoms with Crippen LogP contribution in [0.1, 0.15) is 5.82 Å². The van der Waals surface area contributed by atoms with Crippen LogP contribution < -0.4 is 0 Å². The first-order valence-electron chi connectivity index (χ1n) is 4.64. The number of hydrogen-bond donors (Lipinski definition) is 1. The third-order valence-corrected chi connectivity index (χ3v) is 2.40. The Labute approximate surface area is 104 Å². The minimum absolute atomic E-state index is 0.0227. The van der Waals surface area contributed by atoms with Crippen LogP contribution in [0, 0.1) is 21.7 Å². The van der Waals surface area contributed by atoms with E-state index >= 15 is 0 Å². The molecular weight excluding hydrogens is 270 g/mol. The average Bonchev–Trinajstić information content (AvgIpc) is 2.77. The molecule has 9 heteroatoms. The molecule has 0 aliphatic carbocycles. The number of hydrogen-bond acceptors (Lipinski definition) is 4. The fourth-order valence-electron chi connectivity index (χ4n) is 1.35. The van der Waals surface area contributed by atoms with Crippen LogP contribution in [0.4, 0.5) is 14.5 Å². The quantitative estimate of drug-likeness (QED) is 0.529. The molecule has 1 heterocycles. The molecule has 0 bridgehead atoms. The fraction of sp³-hybridized carbons (Fsp3) is 0.111. The Hall–Kier alpha value is -2.09. The van der Waals surface area contributed by atoms with Gasteiger partial charge in [0.15, 0.2) is 5.82 Å². The predicted molar refractivity (Wildman–Crippen MR) is 57.9 cm³/mol. The van der Waals surface area contributed by atoms with Gasteiger partial charge in [-0.15, -0.1) is 11.6 Å². The smallest absolute Gasteiger partial charge is 0.262 e. The van der Waals surface area contributed by atoms with Crippen LogP contribution in [0.15, 0.2) is 12.1 Å². The summed E-state index contributed by atoms with van der Waals surface area (Å²) in [5.74, 6) is -2.44. The molecule has 0 spiro atoms. The van der Waals surface area contributed by atoms with Crippen LogP contribution in [0.5, 0.6) is 0 Å². The van der Waals surface area contributed by atoms with E-state index in [0.29, 0.717) is 0 Å². The molecule has 0 aliphatic heterocycles. The molecule has 0 fully saturated rings. The van der Waals surface area contributed by atoms with Crippen LogP contribution >= 0.6 is 11.6 Å². The number of aromatic amines is 1. The highest BCUT2D eigenvalue weighted by Gasteiger charge is 2.24. The molecule has 1 N–H and O–H groups in total. The summed E-state index contributed by atoms with van der Waals surface area (Å²) in [6, 6.07) is 1.52. The van der Waals surface area contributed by atoms with Gasteiger partial charge in [-0.2, -0.15) is 9.49 Å². The number of rotatable bonds is 3. The van der Waals surface area contributed by atoms with Crippen molar-refractivity contribution in [1.29, 1.82) is 0 Å². The average molecular weight is 275 g/mol. The number of halogens is 3. The van der Waals surface area contributed by atoms with Crippen LogP contribution in [0.2, 0.25) is 0 Å². The summed E-state index contributed by atoms with van der Waals surface area (Å²) in [4.78, 5) is 13.3. The first kappa shape index (κ1) is 12.4. The van der Waals surface area contributed by atoms with Gasteiger partial charge >= 0.3 is 5.69 Å². The van der Waals surface area contributed by atoms with Crippen LogP contribution in [0.25, 0.3) is 11.4 Å². The minimum atomic E-state index is -1.32. The first-order chi connectivity index (χ1) is 8.54. The van der Waals surface area contributed by atoms with Gasteiger partial charge < -0.3 is 0 Å². The molecule has 0 saturated heterocycles. The summed E-state index contributed by atoms with van der Waals surface area (Å²) in [5.41, 5.74) is -1.50. The molecule has 0 radical (unpaired) electrons. The molecule has 0 atom stereocenters.